The minimum absolute atomic E-state index is 0.118. The molecule has 1 rings (SSSR count). The molecule has 0 aromatic heterocycles. The second kappa shape index (κ2) is 7.97. The van der Waals surface area contributed by atoms with E-state index in [2.05, 4.69) is 0 Å². The van der Waals surface area contributed by atoms with Crippen LogP contribution < -0.4 is 0 Å². The Morgan fingerprint density at radius 1 is 1.50 bits per heavy atom. The van der Waals surface area contributed by atoms with Gasteiger partial charge in [0.25, 0.3) is 0 Å². The maximum absolute atomic E-state index is 9.19. The average Bonchev–Trinajstić information content (AvgIpc) is 3.07. The van der Waals surface area contributed by atoms with Gasteiger partial charge in [0.1, 0.15) is 6.10 Å². The van der Waals surface area contributed by atoms with Crippen molar-refractivity contribution in [1.82, 2.24) is 4.90 Å². The molecule has 0 radical (unpaired) electrons. The van der Waals surface area contributed by atoms with Crippen LogP contribution in [0.5, 0.6) is 0 Å². The molecule has 96 valence electrons. The van der Waals surface area contributed by atoms with E-state index in [9.17, 15) is 5.11 Å². The largest absolute Gasteiger partial charge is 0.395 e. The SMILES string of the molecule is CN(CCO)C(CO)CCCOCC1CO1. The zero-order valence-electron chi connectivity index (χ0n) is 9.97. The molecule has 5 heteroatoms. The summed E-state index contributed by atoms with van der Waals surface area (Å²) in [5, 5.41) is 18.0. The molecule has 0 spiro atoms. The lowest BCUT2D eigenvalue weighted by molar-refractivity contribution is 0.0883. The maximum Gasteiger partial charge on any atom is 0.104 e. The normalized spacial score (nSPS) is 21.4. The molecule has 0 aliphatic carbocycles. The van der Waals surface area contributed by atoms with Gasteiger partial charge in [0, 0.05) is 19.2 Å². The van der Waals surface area contributed by atoms with Crippen molar-refractivity contribution in [3.8, 4) is 0 Å². The van der Waals surface area contributed by atoms with Crippen LogP contribution in [0, 0.1) is 0 Å². The monoisotopic (exact) mass is 233 g/mol. The van der Waals surface area contributed by atoms with E-state index in [1.165, 1.54) is 0 Å². The van der Waals surface area contributed by atoms with Crippen LogP contribution in [0.2, 0.25) is 0 Å². The first-order valence-electron chi connectivity index (χ1n) is 5.89. The Bertz CT molecular complexity index is 175. The molecule has 0 saturated carbocycles. The van der Waals surface area contributed by atoms with Crippen molar-refractivity contribution in [2.24, 2.45) is 0 Å². The smallest absolute Gasteiger partial charge is 0.104 e. The third-order valence-corrected chi connectivity index (χ3v) is 2.82. The number of epoxide rings is 1. The molecule has 1 heterocycles. The van der Waals surface area contributed by atoms with Crippen LogP contribution in [0.25, 0.3) is 0 Å². The number of rotatable bonds is 10. The second-order valence-electron chi connectivity index (χ2n) is 4.21. The Balaban J connectivity index is 1.98. The number of hydrogen-bond donors (Lipinski definition) is 2. The highest BCUT2D eigenvalue weighted by molar-refractivity contribution is 4.69. The number of aliphatic hydroxyl groups is 2. The van der Waals surface area contributed by atoms with Crippen LogP contribution in [0.4, 0.5) is 0 Å². The average molecular weight is 233 g/mol. The van der Waals surface area contributed by atoms with Crippen LogP contribution in [-0.2, 0) is 9.47 Å². The Morgan fingerprint density at radius 3 is 2.81 bits per heavy atom. The van der Waals surface area contributed by atoms with Gasteiger partial charge in [-0.1, -0.05) is 0 Å². The van der Waals surface area contributed by atoms with Crippen LogP contribution in [-0.4, -0.2) is 73.9 Å². The van der Waals surface area contributed by atoms with E-state index in [-0.39, 0.29) is 19.3 Å². The number of aliphatic hydroxyl groups excluding tert-OH is 2. The van der Waals surface area contributed by atoms with E-state index in [1.807, 2.05) is 11.9 Å². The van der Waals surface area contributed by atoms with Crippen molar-refractivity contribution < 1.29 is 19.7 Å². The maximum atomic E-state index is 9.19. The molecule has 2 N–H and O–H groups in total. The minimum Gasteiger partial charge on any atom is -0.395 e. The summed E-state index contributed by atoms with van der Waals surface area (Å²) < 4.78 is 10.4. The fraction of sp³-hybridized carbons (Fsp3) is 1.00. The Morgan fingerprint density at radius 2 is 2.25 bits per heavy atom. The highest BCUT2D eigenvalue weighted by Gasteiger charge is 2.22. The Labute approximate surface area is 97.0 Å². The molecule has 0 bridgehead atoms. The van der Waals surface area contributed by atoms with Crippen LogP contribution >= 0.6 is 0 Å². The van der Waals surface area contributed by atoms with E-state index in [1.54, 1.807) is 0 Å². The molecule has 16 heavy (non-hydrogen) atoms. The first kappa shape index (κ1) is 13.9. The van der Waals surface area contributed by atoms with Crippen LogP contribution in [0.3, 0.4) is 0 Å². The number of nitrogens with zero attached hydrogens (tertiary/aromatic N) is 1. The fourth-order valence-corrected chi connectivity index (χ4v) is 1.59. The Kier molecular flexibility index (Phi) is 6.91. The van der Waals surface area contributed by atoms with E-state index < -0.39 is 0 Å². The van der Waals surface area contributed by atoms with Gasteiger partial charge >= 0.3 is 0 Å². The lowest BCUT2D eigenvalue weighted by Crippen LogP contribution is -2.36. The van der Waals surface area contributed by atoms with Crippen molar-refractivity contribution in [3.63, 3.8) is 0 Å². The van der Waals surface area contributed by atoms with Gasteiger partial charge in [-0.15, -0.1) is 0 Å². The standard InChI is InChI=1S/C11H23NO4/c1-12(4-5-13)10(7-14)3-2-6-15-8-11-9-16-11/h10-11,13-14H,2-9H2,1H3. The highest BCUT2D eigenvalue weighted by atomic mass is 16.6. The lowest BCUT2D eigenvalue weighted by atomic mass is 10.1. The van der Waals surface area contributed by atoms with Crippen molar-refractivity contribution in [1.29, 1.82) is 0 Å². The predicted molar refractivity (Wildman–Crippen MR) is 60.4 cm³/mol. The molecule has 1 fully saturated rings. The quantitative estimate of drug-likeness (QED) is 0.392. The third-order valence-electron chi connectivity index (χ3n) is 2.82. The molecule has 1 aliphatic heterocycles. The Hall–Kier alpha value is -0.200. The van der Waals surface area contributed by atoms with Crippen LogP contribution in [0.15, 0.2) is 0 Å². The van der Waals surface area contributed by atoms with Crippen molar-refractivity contribution in [2.75, 3.05) is 46.6 Å². The van der Waals surface area contributed by atoms with E-state index >= 15 is 0 Å². The summed E-state index contributed by atoms with van der Waals surface area (Å²) >= 11 is 0. The van der Waals surface area contributed by atoms with Gasteiger partial charge in [0.2, 0.25) is 0 Å². The number of hydrogen-bond acceptors (Lipinski definition) is 5. The molecular formula is C11H23NO4. The summed E-state index contributed by atoms with van der Waals surface area (Å²) in [6, 6.07) is 0.118. The summed E-state index contributed by atoms with van der Waals surface area (Å²) in [7, 11) is 1.91. The lowest BCUT2D eigenvalue weighted by Gasteiger charge is -2.25. The zero-order chi connectivity index (χ0) is 11.8. The van der Waals surface area contributed by atoms with Crippen molar-refractivity contribution in [3.05, 3.63) is 0 Å². The van der Waals surface area contributed by atoms with Gasteiger partial charge in [0.15, 0.2) is 0 Å². The summed E-state index contributed by atoms with van der Waals surface area (Å²) in [6.45, 7) is 3.09. The molecule has 5 nitrogen and oxygen atoms in total. The van der Waals surface area contributed by atoms with E-state index in [0.29, 0.717) is 25.9 Å². The van der Waals surface area contributed by atoms with Crippen molar-refractivity contribution in [2.45, 2.75) is 25.0 Å². The van der Waals surface area contributed by atoms with E-state index in [0.717, 1.165) is 19.4 Å². The second-order valence-corrected chi connectivity index (χ2v) is 4.21. The molecule has 2 atom stereocenters. The third kappa shape index (κ3) is 5.77. The molecule has 0 aromatic carbocycles. The van der Waals surface area contributed by atoms with E-state index in [4.69, 9.17) is 14.6 Å². The topological polar surface area (TPSA) is 65.5 Å². The van der Waals surface area contributed by atoms with Gasteiger partial charge in [-0.3, -0.25) is 4.90 Å². The molecule has 0 aromatic rings. The minimum atomic E-state index is 0.118. The fourth-order valence-electron chi connectivity index (χ4n) is 1.59. The van der Waals surface area contributed by atoms with Crippen LogP contribution in [0.1, 0.15) is 12.8 Å². The van der Waals surface area contributed by atoms with Crippen molar-refractivity contribution >= 4 is 0 Å². The molecule has 2 unspecified atom stereocenters. The zero-order valence-corrected chi connectivity index (χ0v) is 9.97. The molecular weight excluding hydrogens is 210 g/mol. The molecule has 1 aliphatic rings. The molecule has 0 amide bonds. The number of likely N-dealkylation sites (N-methyl/N-ethyl adjacent to an activating group) is 1. The van der Waals surface area contributed by atoms with Gasteiger partial charge in [-0.2, -0.15) is 0 Å². The first-order chi connectivity index (χ1) is 7.77. The van der Waals surface area contributed by atoms with Gasteiger partial charge in [-0.05, 0) is 19.9 Å². The summed E-state index contributed by atoms with van der Waals surface area (Å²) in [6.07, 6.45) is 2.14. The summed E-state index contributed by atoms with van der Waals surface area (Å²) in [4.78, 5) is 1.98. The van der Waals surface area contributed by atoms with Gasteiger partial charge < -0.3 is 19.7 Å². The number of ether oxygens (including phenoxy) is 2. The van der Waals surface area contributed by atoms with Gasteiger partial charge in [0.05, 0.1) is 26.4 Å². The summed E-state index contributed by atoms with van der Waals surface area (Å²) in [5.74, 6) is 0. The highest BCUT2D eigenvalue weighted by Crippen LogP contribution is 2.09. The van der Waals surface area contributed by atoms with Gasteiger partial charge in [-0.25, -0.2) is 0 Å². The first-order valence-corrected chi connectivity index (χ1v) is 5.89. The summed E-state index contributed by atoms with van der Waals surface area (Å²) in [5.41, 5.74) is 0. The molecule has 1 saturated heterocycles. The predicted octanol–water partition coefficient (Wildman–Crippen LogP) is -0.533.